The molecule has 0 fully saturated rings. The standard InChI is InChI=1S/C25H32N6O.HI/c1-19-16-20(2)31(29-19)23-13-9-8-12-22(23)17-28-25(26-3)27-15-14-24(32)30(4)18-21-10-6-5-7-11-21;/h5-13,16H,14-15,17-18H2,1-4H3,(H2,26,27,28);1H. The molecule has 33 heavy (non-hydrogen) atoms. The fourth-order valence-electron chi connectivity index (χ4n) is 3.56. The summed E-state index contributed by atoms with van der Waals surface area (Å²) in [5.41, 5.74) is 5.36. The van der Waals surface area contributed by atoms with Crippen molar-refractivity contribution in [2.24, 2.45) is 4.99 Å². The van der Waals surface area contributed by atoms with Crippen LogP contribution in [-0.2, 0) is 17.9 Å². The molecule has 0 aliphatic heterocycles. The van der Waals surface area contributed by atoms with Gasteiger partial charge < -0.3 is 15.5 Å². The van der Waals surface area contributed by atoms with Gasteiger partial charge in [-0.05, 0) is 37.1 Å². The summed E-state index contributed by atoms with van der Waals surface area (Å²) in [5.74, 6) is 0.748. The van der Waals surface area contributed by atoms with Crippen LogP contribution in [0.5, 0.6) is 0 Å². The van der Waals surface area contributed by atoms with Gasteiger partial charge in [0.15, 0.2) is 5.96 Å². The minimum Gasteiger partial charge on any atom is -0.356 e. The molecule has 2 aromatic carbocycles. The highest BCUT2D eigenvalue weighted by atomic mass is 127. The van der Waals surface area contributed by atoms with Crippen LogP contribution in [0.1, 0.15) is 28.9 Å². The first-order valence-electron chi connectivity index (χ1n) is 10.8. The van der Waals surface area contributed by atoms with Gasteiger partial charge in [0, 0.05) is 45.8 Å². The maximum Gasteiger partial charge on any atom is 0.224 e. The molecule has 0 saturated heterocycles. The summed E-state index contributed by atoms with van der Waals surface area (Å²) in [6, 6.07) is 20.2. The molecule has 0 atom stereocenters. The number of nitrogens with zero attached hydrogens (tertiary/aromatic N) is 4. The van der Waals surface area contributed by atoms with Crippen molar-refractivity contribution in [1.29, 1.82) is 0 Å². The molecule has 0 spiro atoms. The molecule has 0 radical (unpaired) electrons. The number of aryl methyl sites for hydroxylation is 2. The van der Waals surface area contributed by atoms with Gasteiger partial charge in [-0.25, -0.2) is 4.68 Å². The molecule has 1 heterocycles. The van der Waals surface area contributed by atoms with Crippen molar-refractivity contribution in [1.82, 2.24) is 25.3 Å². The third kappa shape index (κ3) is 7.59. The van der Waals surface area contributed by atoms with Crippen molar-refractivity contribution < 1.29 is 4.79 Å². The Morgan fingerprint density at radius 3 is 2.42 bits per heavy atom. The minimum absolute atomic E-state index is 0. The van der Waals surface area contributed by atoms with Crippen molar-refractivity contribution in [2.75, 3.05) is 20.6 Å². The van der Waals surface area contributed by atoms with E-state index in [1.165, 1.54) is 0 Å². The molecule has 1 aromatic heterocycles. The molecule has 1 amide bonds. The van der Waals surface area contributed by atoms with Crippen LogP contribution in [0.4, 0.5) is 0 Å². The van der Waals surface area contributed by atoms with E-state index in [1.807, 2.05) is 61.1 Å². The van der Waals surface area contributed by atoms with Crippen LogP contribution in [-0.4, -0.2) is 47.2 Å². The van der Waals surface area contributed by atoms with Gasteiger partial charge in [-0.2, -0.15) is 5.10 Å². The molecule has 176 valence electrons. The lowest BCUT2D eigenvalue weighted by Gasteiger charge is -2.18. The number of carbonyl (C=O) groups excluding carboxylic acids is 1. The quantitative estimate of drug-likeness (QED) is 0.250. The van der Waals surface area contributed by atoms with Gasteiger partial charge in [0.25, 0.3) is 0 Å². The predicted molar refractivity (Wildman–Crippen MR) is 144 cm³/mol. The normalized spacial score (nSPS) is 11.0. The molecule has 0 saturated carbocycles. The first kappa shape index (κ1) is 26.4. The van der Waals surface area contributed by atoms with Crippen molar-refractivity contribution in [3.05, 3.63) is 83.2 Å². The Kier molecular flexibility index (Phi) is 10.4. The van der Waals surface area contributed by atoms with Gasteiger partial charge in [-0.3, -0.25) is 9.79 Å². The number of guanidine groups is 1. The zero-order chi connectivity index (χ0) is 22.9. The van der Waals surface area contributed by atoms with Crippen LogP contribution in [0, 0.1) is 13.8 Å². The second-order valence-electron chi connectivity index (χ2n) is 7.81. The highest BCUT2D eigenvalue weighted by Gasteiger charge is 2.11. The SMILES string of the molecule is CN=C(NCCC(=O)N(C)Cc1ccccc1)NCc1ccccc1-n1nc(C)cc1C.I. The van der Waals surface area contributed by atoms with E-state index in [1.54, 1.807) is 11.9 Å². The molecule has 0 aliphatic carbocycles. The maximum absolute atomic E-state index is 12.4. The summed E-state index contributed by atoms with van der Waals surface area (Å²) in [6.07, 6.45) is 0.395. The summed E-state index contributed by atoms with van der Waals surface area (Å²) in [4.78, 5) is 18.5. The zero-order valence-electron chi connectivity index (χ0n) is 19.7. The number of hydrogen-bond donors (Lipinski definition) is 2. The maximum atomic E-state index is 12.4. The van der Waals surface area contributed by atoms with Crippen molar-refractivity contribution in [3.63, 3.8) is 0 Å². The van der Waals surface area contributed by atoms with Crippen LogP contribution in [0.15, 0.2) is 65.7 Å². The average Bonchev–Trinajstić information content (AvgIpc) is 3.14. The van der Waals surface area contributed by atoms with Crippen molar-refractivity contribution in [3.8, 4) is 5.69 Å². The highest BCUT2D eigenvalue weighted by Crippen LogP contribution is 2.16. The van der Waals surface area contributed by atoms with Gasteiger partial charge >= 0.3 is 0 Å². The molecular formula is C25H33IN6O. The minimum atomic E-state index is 0. The van der Waals surface area contributed by atoms with E-state index in [0.717, 1.165) is 28.2 Å². The van der Waals surface area contributed by atoms with Gasteiger partial charge in [-0.1, -0.05) is 48.5 Å². The summed E-state index contributed by atoms with van der Waals surface area (Å²) in [6.45, 7) is 5.76. The van der Waals surface area contributed by atoms with Crippen LogP contribution in [0.25, 0.3) is 5.69 Å². The van der Waals surface area contributed by atoms with E-state index in [4.69, 9.17) is 0 Å². The summed E-state index contributed by atoms with van der Waals surface area (Å²) >= 11 is 0. The highest BCUT2D eigenvalue weighted by molar-refractivity contribution is 14.0. The molecule has 7 nitrogen and oxygen atoms in total. The second kappa shape index (κ2) is 13.0. The number of hydrogen-bond acceptors (Lipinski definition) is 3. The Balaban J connectivity index is 0.00000385. The molecule has 3 aromatic rings. The van der Waals surface area contributed by atoms with Crippen LogP contribution in [0.3, 0.4) is 0 Å². The van der Waals surface area contributed by atoms with Crippen molar-refractivity contribution in [2.45, 2.75) is 33.4 Å². The number of benzene rings is 2. The number of nitrogens with one attached hydrogen (secondary N) is 2. The largest absolute Gasteiger partial charge is 0.356 e. The average molecular weight is 560 g/mol. The first-order valence-corrected chi connectivity index (χ1v) is 10.8. The van der Waals surface area contributed by atoms with Gasteiger partial charge in [-0.15, -0.1) is 24.0 Å². The number of carbonyl (C=O) groups is 1. The van der Waals surface area contributed by atoms with E-state index in [9.17, 15) is 4.79 Å². The van der Waals surface area contributed by atoms with Gasteiger partial charge in [0.1, 0.15) is 0 Å². The number of halogens is 1. The van der Waals surface area contributed by atoms with Crippen molar-refractivity contribution >= 4 is 35.8 Å². The Morgan fingerprint density at radius 1 is 1.06 bits per heavy atom. The van der Waals surface area contributed by atoms with E-state index in [2.05, 4.69) is 45.8 Å². The van der Waals surface area contributed by atoms with E-state index >= 15 is 0 Å². The predicted octanol–water partition coefficient (Wildman–Crippen LogP) is 3.82. The smallest absolute Gasteiger partial charge is 0.224 e. The number of aromatic nitrogens is 2. The van der Waals surface area contributed by atoms with E-state index in [0.29, 0.717) is 32.0 Å². The molecule has 8 heteroatoms. The Hall–Kier alpha value is -2.88. The Bertz CT molecular complexity index is 1060. The van der Waals surface area contributed by atoms with Crippen LogP contribution >= 0.6 is 24.0 Å². The fraction of sp³-hybridized carbons (Fsp3) is 0.320. The number of para-hydroxylation sites is 1. The fourth-order valence-corrected chi connectivity index (χ4v) is 3.56. The lowest BCUT2D eigenvalue weighted by atomic mass is 10.1. The van der Waals surface area contributed by atoms with Crippen LogP contribution in [0.2, 0.25) is 0 Å². The summed E-state index contributed by atoms with van der Waals surface area (Å²) < 4.78 is 1.96. The lowest BCUT2D eigenvalue weighted by Crippen LogP contribution is -2.39. The second-order valence-corrected chi connectivity index (χ2v) is 7.81. The lowest BCUT2D eigenvalue weighted by molar-refractivity contribution is -0.130. The third-order valence-electron chi connectivity index (χ3n) is 5.22. The molecule has 0 unspecified atom stereocenters. The first-order chi connectivity index (χ1) is 15.5. The molecule has 3 rings (SSSR count). The molecule has 2 N–H and O–H groups in total. The summed E-state index contributed by atoms with van der Waals surface area (Å²) in [5, 5.41) is 11.2. The third-order valence-corrected chi connectivity index (χ3v) is 5.22. The zero-order valence-corrected chi connectivity index (χ0v) is 22.0. The number of amides is 1. The monoisotopic (exact) mass is 560 g/mol. The topological polar surface area (TPSA) is 74.6 Å². The summed E-state index contributed by atoms with van der Waals surface area (Å²) in [7, 11) is 3.56. The number of aliphatic imine (C=N–C) groups is 1. The van der Waals surface area contributed by atoms with E-state index < -0.39 is 0 Å². The van der Waals surface area contributed by atoms with E-state index in [-0.39, 0.29) is 29.9 Å². The molecule has 0 bridgehead atoms. The molecular weight excluding hydrogens is 527 g/mol. The number of rotatable bonds is 8. The van der Waals surface area contributed by atoms with Gasteiger partial charge in [0.05, 0.1) is 11.4 Å². The van der Waals surface area contributed by atoms with Crippen LogP contribution < -0.4 is 10.6 Å². The Labute approximate surface area is 213 Å². The molecule has 0 aliphatic rings. The Morgan fingerprint density at radius 2 is 1.76 bits per heavy atom. The van der Waals surface area contributed by atoms with Gasteiger partial charge in [0.2, 0.25) is 5.91 Å².